The first kappa shape index (κ1) is 10.6. The van der Waals surface area contributed by atoms with Crippen molar-refractivity contribution < 1.29 is 5.11 Å². The van der Waals surface area contributed by atoms with Crippen LogP contribution in [0.2, 0.25) is 10.0 Å². The molecule has 1 heterocycles. The first-order chi connectivity index (χ1) is 6.70. The molecule has 0 radical (unpaired) electrons. The smallest absolute Gasteiger partial charge is 0.0815 e. The van der Waals surface area contributed by atoms with E-state index in [2.05, 4.69) is 0 Å². The van der Waals surface area contributed by atoms with Crippen LogP contribution in [0.25, 0.3) is 0 Å². The Bertz CT molecular complexity index is 354. The molecule has 0 saturated carbocycles. The maximum absolute atomic E-state index is 9.89. The van der Waals surface area contributed by atoms with Gasteiger partial charge < -0.3 is 5.11 Å². The van der Waals surface area contributed by atoms with E-state index in [9.17, 15) is 5.11 Å². The predicted molar refractivity (Wildman–Crippen MR) is 62.2 cm³/mol. The molecule has 1 atom stereocenters. The van der Waals surface area contributed by atoms with Gasteiger partial charge in [0.2, 0.25) is 0 Å². The molecule has 14 heavy (non-hydrogen) atoms. The maximum Gasteiger partial charge on any atom is 0.0815 e. The van der Waals surface area contributed by atoms with Crippen LogP contribution in [0.3, 0.4) is 0 Å². The zero-order valence-corrected chi connectivity index (χ0v) is 9.79. The van der Waals surface area contributed by atoms with E-state index in [0.29, 0.717) is 10.0 Å². The third kappa shape index (κ3) is 1.89. The van der Waals surface area contributed by atoms with Crippen LogP contribution in [0, 0.1) is 0 Å². The SMILES string of the molecule is O[C@H]1CCSCc2c(Cl)ccc(Cl)c21. The topological polar surface area (TPSA) is 20.2 Å². The van der Waals surface area contributed by atoms with Crippen LogP contribution in [-0.2, 0) is 5.75 Å². The summed E-state index contributed by atoms with van der Waals surface area (Å²) in [7, 11) is 0. The molecule has 0 saturated heterocycles. The number of benzene rings is 1. The van der Waals surface area contributed by atoms with E-state index in [1.54, 1.807) is 23.9 Å². The largest absolute Gasteiger partial charge is 0.388 e. The van der Waals surface area contributed by atoms with Crippen molar-refractivity contribution in [3.8, 4) is 0 Å². The van der Waals surface area contributed by atoms with Crippen LogP contribution in [0.4, 0.5) is 0 Å². The minimum Gasteiger partial charge on any atom is -0.388 e. The van der Waals surface area contributed by atoms with Gasteiger partial charge >= 0.3 is 0 Å². The van der Waals surface area contributed by atoms with Gasteiger partial charge in [0.1, 0.15) is 0 Å². The van der Waals surface area contributed by atoms with Crippen LogP contribution in [-0.4, -0.2) is 10.9 Å². The van der Waals surface area contributed by atoms with Crippen molar-refractivity contribution in [2.24, 2.45) is 0 Å². The van der Waals surface area contributed by atoms with Crippen LogP contribution in [0.1, 0.15) is 23.7 Å². The van der Waals surface area contributed by atoms with Gasteiger partial charge in [-0.3, -0.25) is 0 Å². The molecule has 0 spiro atoms. The molecule has 1 aliphatic rings. The summed E-state index contributed by atoms with van der Waals surface area (Å²) in [5.41, 5.74) is 1.82. The van der Waals surface area contributed by atoms with Gasteiger partial charge in [-0.15, -0.1) is 0 Å². The summed E-state index contributed by atoms with van der Waals surface area (Å²) in [6.45, 7) is 0. The van der Waals surface area contributed by atoms with Crippen molar-refractivity contribution in [2.75, 3.05) is 5.75 Å². The van der Waals surface area contributed by atoms with E-state index in [0.717, 1.165) is 29.1 Å². The van der Waals surface area contributed by atoms with E-state index in [1.165, 1.54) is 0 Å². The molecule has 0 bridgehead atoms. The van der Waals surface area contributed by atoms with Gasteiger partial charge in [0, 0.05) is 21.4 Å². The number of fused-ring (bicyclic) bond motifs is 1. The van der Waals surface area contributed by atoms with E-state index in [4.69, 9.17) is 23.2 Å². The molecule has 0 aliphatic carbocycles. The third-order valence-corrected chi connectivity index (χ3v) is 4.06. The fourth-order valence-corrected chi connectivity index (χ4v) is 3.29. The average molecular weight is 249 g/mol. The van der Waals surface area contributed by atoms with Crippen molar-refractivity contribution in [1.82, 2.24) is 0 Å². The van der Waals surface area contributed by atoms with Gasteiger partial charge in [-0.25, -0.2) is 0 Å². The van der Waals surface area contributed by atoms with Crippen molar-refractivity contribution >= 4 is 35.0 Å². The number of hydrogen-bond donors (Lipinski definition) is 1. The molecule has 0 aromatic heterocycles. The highest BCUT2D eigenvalue weighted by molar-refractivity contribution is 7.98. The Balaban J connectivity index is 2.57. The van der Waals surface area contributed by atoms with Gasteiger partial charge in [-0.05, 0) is 29.9 Å². The lowest BCUT2D eigenvalue weighted by molar-refractivity contribution is 0.175. The standard InChI is InChI=1S/C10H10Cl2OS/c11-7-1-2-8(12)10-6(7)5-14-4-3-9(10)13/h1-2,9,13H,3-5H2/t9-/m0/s1. The fraction of sp³-hybridized carbons (Fsp3) is 0.400. The molecule has 2 rings (SSSR count). The summed E-state index contributed by atoms with van der Waals surface area (Å²) in [5.74, 6) is 1.79. The third-order valence-electron chi connectivity index (χ3n) is 2.36. The summed E-state index contributed by atoms with van der Waals surface area (Å²) >= 11 is 13.9. The Morgan fingerprint density at radius 1 is 1.29 bits per heavy atom. The van der Waals surface area contributed by atoms with Crippen molar-refractivity contribution in [1.29, 1.82) is 0 Å². The predicted octanol–water partition coefficient (Wildman–Crippen LogP) is 3.66. The van der Waals surface area contributed by atoms with Gasteiger partial charge in [0.05, 0.1) is 6.10 Å². The molecule has 1 nitrogen and oxygen atoms in total. The Labute approximate surface area is 97.4 Å². The molecule has 0 amide bonds. The van der Waals surface area contributed by atoms with Gasteiger partial charge in [0.15, 0.2) is 0 Å². The van der Waals surface area contributed by atoms with Crippen LogP contribution in [0.5, 0.6) is 0 Å². The Kier molecular flexibility index (Phi) is 3.27. The van der Waals surface area contributed by atoms with Crippen molar-refractivity contribution in [3.05, 3.63) is 33.3 Å². The number of rotatable bonds is 0. The van der Waals surface area contributed by atoms with E-state index in [1.807, 2.05) is 0 Å². The van der Waals surface area contributed by atoms with Crippen LogP contribution in [0.15, 0.2) is 12.1 Å². The normalized spacial score (nSPS) is 21.5. The second-order valence-corrected chi connectivity index (χ2v) is 5.20. The molecule has 0 fully saturated rings. The number of aliphatic hydroxyl groups is 1. The number of thioether (sulfide) groups is 1. The maximum atomic E-state index is 9.89. The highest BCUT2D eigenvalue weighted by Crippen LogP contribution is 2.38. The lowest BCUT2D eigenvalue weighted by Crippen LogP contribution is -2.01. The van der Waals surface area contributed by atoms with Crippen LogP contribution < -0.4 is 0 Å². The minimum atomic E-state index is -0.466. The Morgan fingerprint density at radius 3 is 2.79 bits per heavy atom. The summed E-state index contributed by atoms with van der Waals surface area (Å²) in [6, 6.07) is 3.54. The molecule has 76 valence electrons. The first-order valence-electron chi connectivity index (χ1n) is 4.42. The molecule has 1 aliphatic heterocycles. The summed E-state index contributed by atoms with van der Waals surface area (Å²) in [4.78, 5) is 0. The molecule has 4 heteroatoms. The summed E-state index contributed by atoms with van der Waals surface area (Å²) in [6.07, 6.45) is 0.281. The molecular formula is C10H10Cl2OS. The van der Waals surface area contributed by atoms with Crippen molar-refractivity contribution in [2.45, 2.75) is 18.3 Å². The first-order valence-corrected chi connectivity index (χ1v) is 6.34. The summed E-state index contributed by atoms with van der Waals surface area (Å²) in [5, 5.41) is 11.2. The Hall–Kier alpha value is 0.110. The molecule has 0 unspecified atom stereocenters. The van der Waals surface area contributed by atoms with Crippen LogP contribution >= 0.6 is 35.0 Å². The highest BCUT2D eigenvalue weighted by Gasteiger charge is 2.21. The molecular weight excluding hydrogens is 239 g/mol. The average Bonchev–Trinajstić information content (AvgIpc) is 2.35. The van der Waals surface area contributed by atoms with Gasteiger partial charge in [0.25, 0.3) is 0 Å². The van der Waals surface area contributed by atoms with E-state index >= 15 is 0 Å². The zero-order chi connectivity index (χ0) is 10.1. The highest BCUT2D eigenvalue weighted by atomic mass is 35.5. The quantitative estimate of drug-likeness (QED) is 0.757. The lowest BCUT2D eigenvalue weighted by Gasteiger charge is -2.14. The van der Waals surface area contributed by atoms with Crippen molar-refractivity contribution in [3.63, 3.8) is 0 Å². The number of aliphatic hydroxyl groups excluding tert-OH is 1. The monoisotopic (exact) mass is 248 g/mol. The minimum absolute atomic E-state index is 0.466. The fourth-order valence-electron chi connectivity index (χ4n) is 1.63. The second kappa shape index (κ2) is 4.31. The second-order valence-electron chi connectivity index (χ2n) is 3.28. The zero-order valence-electron chi connectivity index (χ0n) is 7.46. The molecule has 1 aromatic rings. The van der Waals surface area contributed by atoms with E-state index < -0.39 is 6.10 Å². The number of halogens is 2. The van der Waals surface area contributed by atoms with Gasteiger partial charge in [-0.2, -0.15) is 11.8 Å². The molecule has 1 aromatic carbocycles. The number of hydrogen-bond acceptors (Lipinski definition) is 2. The lowest BCUT2D eigenvalue weighted by atomic mass is 10.0. The Morgan fingerprint density at radius 2 is 2.00 bits per heavy atom. The molecule has 1 N–H and O–H groups in total. The van der Waals surface area contributed by atoms with Gasteiger partial charge in [-0.1, -0.05) is 23.2 Å². The van der Waals surface area contributed by atoms with E-state index in [-0.39, 0.29) is 0 Å². The summed E-state index contributed by atoms with van der Waals surface area (Å²) < 4.78 is 0.